The zero-order chi connectivity index (χ0) is 20.5. The smallest absolute Gasteiger partial charge is 0.379 e. The Labute approximate surface area is 181 Å². The van der Waals surface area contributed by atoms with Crippen LogP contribution in [0.15, 0.2) is 23.2 Å². The van der Waals surface area contributed by atoms with Gasteiger partial charge in [0, 0.05) is 16.2 Å². The molecule has 4 heterocycles. The van der Waals surface area contributed by atoms with E-state index in [2.05, 4.69) is 15.7 Å². The van der Waals surface area contributed by atoms with Crippen LogP contribution in [0, 0.1) is 0 Å². The van der Waals surface area contributed by atoms with Gasteiger partial charge in [-0.1, -0.05) is 29.6 Å². The third kappa shape index (κ3) is 3.83. The number of thiophene rings is 1. The van der Waals surface area contributed by atoms with Crippen LogP contribution in [0.4, 0.5) is 0 Å². The molecule has 1 fully saturated rings. The predicted molar refractivity (Wildman–Crippen MR) is 111 cm³/mol. The number of thioether (sulfide) groups is 1. The van der Waals surface area contributed by atoms with Crippen LogP contribution < -0.4 is 5.48 Å². The maximum atomic E-state index is 12.8. The summed E-state index contributed by atoms with van der Waals surface area (Å²) in [6.45, 7) is -0.286. The third-order valence-corrected chi connectivity index (χ3v) is 7.64. The number of carbonyl (C=O) groups is 3. The number of carbonyl (C=O) groups excluding carboxylic acids is 3. The number of nitrogens with zero attached hydrogens (tertiary/aromatic N) is 3. The van der Waals surface area contributed by atoms with Gasteiger partial charge >= 0.3 is 5.97 Å². The molecule has 29 heavy (non-hydrogen) atoms. The second-order valence-electron chi connectivity index (χ2n) is 5.86. The summed E-state index contributed by atoms with van der Waals surface area (Å²) in [7, 11) is 0. The molecule has 9 nitrogen and oxygen atoms in total. The molecule has 2 aromatic heterocycles. The van der Waals surface area contributed by atoms with Crippen LogP contribution in [0.2, 0.25) is 0 Å². The molecule has 0 aliphatic carbocycles. The first kappa shape index (κ1) is 20.1. The first-order chi connectivity index (χ1) is 14.0. The first-order valence-corrected chi connectivity index (χ1v) is 11.3. The van der Waals surface area contributed by atoms with Crippen LogP contribution in [0.5, 0.6) is 0 Å². The van der Waals surface area contributed by atoms with E-state index >= 15 is 0 Å². The summed E-state index contributed by atoms with van der Waals surface area (Å²) >= 11 is 8.98. The molecule has 0 saturated carbocycles. The number of β-lactam (4-membered cyclic amide) rings is 1. The topological polar surface area (TPSA) is 122 Å². The van der Waals surface area contributed by atoms with Crippen molar-refractivity contribution < 1.29 is 24.3 Å². The lowest BCUT2D eigenvalue weighted by Gasteiger charge is -2.44. The molecule has 0 bridgehead atoms. The minimum Gasteiger partial charge on any atom is -0.389 e. The molecule has 1 atom stereocenters. The Morgan fingerprint density at radius 2 is 2.24 bits per heavy atom. The monoisotopic (exact) mass is 468 g/mol. The zero-order valence-electron chi connectivity index (χ0n) is 14.5. The molecule has 0 spiro atoms. The van der Waals surface area contributed by atoms with Gasteiger partial charge in [-0.3, -0.25) is 14.5 Å². The van der Waals surface area contributed by atoms with Crippen molar-refractivity contribution in [3.63, 3.8) is 0 Å². The Balaban J connectivity index is 1.56. The van der Waals surface area contributed by atoms with Crippen molar-refractivity contribution in [2.24, 2.45) is 0 Å². The fourth-order valence-corrected chi connectivity index (χ4v) is 5.86. The summed E-state index contributed by atoms with van der Waals surface area (Å²) in [4.78, 5) is 44.3. The lowest BCUT2D eigenvalue weighted by atomic mass is 10.1. The Morgan fingerprint density at radius 3 is 2.93 bits per heavy atom. The Bertz CT molecular complexity index is 1030. The number of fused-ring (bicyclic) bond motifs is 1. The second-order valence-corrected chi connectivity index (χ2v) is 9.46. The quantitative estimate of drug-likeness (QED) is 0.374. The van der Waals surface area contributed by atoms with Crippen molar-refractivity contribution in [1.82, 2.24) is 20.6 Å². The molecule has 13 heteroatoms. The molecule has 4 rings (SSSR count). The van der Waals surface area contributed by atoms with Crippen molar-refractivity contribution in [1.29, 1.82) is 0 Å². The van der Waals surface area contributed by atoms with Crippen molar-refractivity contribution in [2.75, 3.05) is 5.75 Å². The largest absolute Gasteiger partial charge is 0.389 e. The highest BCUT2D eigenvalue weighted by Crippen LogP contribution is 2.42. The number of hydrogen-bond donors (Lipinski definition) is 2. The van der Waals surface area contributed by atoms with Gasteiger partial charge in [0.1, 0.15) is 26.0 Å². The van der Waals surface area contributed by atoms with E-state index in [4.69, 9.17) is 17.1 Å². The average Bonchev–Trinajstić information content (AvgIpc) is 3.42. The summed E-state index contributed by atoms with van der Waals surface area (Å²) < 4.78 is 0. The molecule has 2 N–H and O–H groups in total. The van der Waals surface area contributed by atoms with Gasteiger partial charge in [-0.15, -0.1) is 33.3 Å². The molecule has 150 valence electrons. The maximum Gasteiger partial charge on any atom is 0.379 e. The summed E-state index contributed by atoms with van der Waals surface area (Å²) in [6.07, 6.45) is 0.0678. The fraction of sp³-hybridized carbons (Fsp3) is 0.250. The summed E-state index contributed by atoms with van der Waals surface area (Å²) in [6, 6.07) is 3.61. The lowest BCUT2D eigenvalue weighted by Crippen LogP contribution is -2.61. The Morgan fingerprint density at radius 1 is 1.41 bits per heavy atom. The maximum absolute atomic E-state index is 12.8. The lowest BCUT2D eigenvalue weighted by molar-refractivity contribution is -0.156. The molecule has 2 amide bonds. The van der Waals surface area contributed by atoms with Crippen LogP contribution in [0.1, 0.15) is 14.9 Å². The van der Waals surface area contributed by atoms with Crippen molar-refractivity contribution in [3.05, 3.63) is 38.1 Å². The van der Waals surface area contributed by atoms with Crippen LogP contribution in [0.3, 0.4) is 0 Å². The number of rotatable bonds is 5. The van der Waals surface area contributed by atoms with Gasteiger partial charge < -0.3 is 9.94 Å². The van der Waals surface area contributed by atoms with Gasteiger partial charge in [0.25, 0.3) is 11.8 Å². The number of amides is 2. The van der Waals surface area contributed by atoms with Gasteiger partial charge in [0.05, 0.1) is 13.0 Å². The van der Waals surface area contributed by atoms with E-state index in [-0.39, 0.29) is 23.6 Å². The molecular weight excluding hydrogens is 456 g/mol. The van der Waals surface area contributed by atoms with Gasteiger partial charge in [0.15, 0.2) is 0 Å². The standard InChI is InChI=1S/C16H12N4O5S4/c21-5-10-17-18-13(29-10)8-6-28-15-12(26)14(23)20(15)11(8)16(24)25-19-9(22)4-7-2-1-3-27-7/h1-3,15,21H,4-6H2,(H,19,22)/t15-/m0/s1. The van der Waals surface area contributed by atoms with Crippen molar-refractivity contribution in [2.45, 2.75) is 18.4 Å². The summed E-state index contributed by atoms with van der Waals surface area (Å²) in [5, 5.41) is 19.2. The van der Waals surface area contributed by atoms with E-state index in [1.807, 2.05) is 11.4 Å². The van der Waals surface area contributed by atoms with Crippen LogP contribution in [-0.4, -0.2) is 54.0 Å². The summed E-state index contributed by atoms with van der Waals surface area (Å²) in [5.41, 5.74) is 2.54. The molecule has 2 aliphatic heterocycles. The highest BCUT2D eigenvalue weighted by Gasteiger charge is 2.51. The van der Waals surface area contributed by atoms with E-state index in [0.717, 1.165) is 16.2 Å². The SMILES string of the molecule is O=C(Cc1cccs1)NOC(=O)C1=C(c2nnc(CO)s2)CS[C@H]2C(=S)C(=O)N12. The highest BCUT2D eigenvalue weighted by atomic mass is 32.2. The molecule has 1 saturated heterocycles. The average molecular weight is 469 g/mol. The minimum atomic E-state index is -0.888. The number of aliphatic hydroxyl groups excluding tert-OH is 1. The minimum absolute atomic E-state index is 0.0237. The number of thiocarbonyl (C=S) groups is 1. The molecule has 0 unspecified atom stereocenters. The van der Waals surface area contributed by atoms with Gasteiger partial charge in [-0.25, -0.2) is 4.79 Å². The van der Waals surface area contributed by atoms with Crippen LogP contribution in [-0.2, 0) is 32.2 Å². The van der Waals surface area contributed by atoms with E-state index in [9.17, 15) is 19.5 Å². The fourth-order valence-electron chi connectivity index (χ4n) is 2.71. The number of nitrogens with one attached hydrogen (secondary N) is 1. The van der Waals surface area contributed by atoms with Gasteiger partial charge in [-0.05, 0) is 11.4 Å². The van der Waals surface area contributed by atoms with E-state index < -0.39 is 23.2 Å². The Kier molecular flexibility index (Phi) is 5.74. The summed E-state index contributed by atoms with van der Waals surface area (Å²) in [5.74, 6) is -1.49. The van der Waals surface area contributed by atoms with E-state index in [1.165, 1.54) is 28.0 Å². The molecule has 2 aromatic rings. The highest BCUT2D eigenvalue weighted by molar-refractivity contribution is 8.02. The predicted octanol–water partition coefficient (Wildman–Crippen LogP) is 0.905. The Hall–Kier alpha value is -2.19. The van der Waals surface area contributed by atoms with Crippen LogP contribution in [0.25, 0.3) is 5.57 Å². The zero-order valence-corrected chi connectivity index (χ0v) is 17.8. The first-order valence-electron chi connectivity index (χ1n) is 8.17. The van der Waals surface area contributed by atoms with Crippen molar-refractivity contribution >= 4 is 74.9 Å². The molecule has 2 aliphatic rings. The normalized spacial score (nSPS) is 18.4. The van der Waals surface area contributed by atoms with E-state index in [1.54, 1.807) is 6.07 Å². The second kappa shape index (κ2) is 8.28. The molecule has 0 aromatic carbocycles. The third-order valence-electron chi connectivity index (χ3n) is 4.03. The number of aliphatic hydroxyl groups is 1. The number of aromatic nitrogens is 2. The molecule has 0 radical (unpaired) electrons. The van der Waals surface area contributed by atoms with Gasteiger partial charge in [-0.2, -0.15) is 5.48 Å². The molecular formula is C16H12N4O5S4. The van der Waals surface area contributed by atoms with Gasteiger partial charge in [0.2, 0.25) is 0 Å². The number of hydrogen-bond acceptors (Lipinski definition) is 11. The van der Waals surface area contributed by atoms with Crippen LogP contribution >= 0.6 is 46.7 Å². The van der Waals surface area contributed by atoms with Crippen molar-refractivity contribution in [3.8, 4) is 0 Å². The van der Waals surface area contributed by atoms with E-state index in [0.29, 0.717) is 21.3 Å². The number of hydroxylamine groups is 1.